The molecular formula is C13H13ClN2O2S. The minimum absolute atomic E-state index is 0.117. The van der Waals surface area contributed by atoms with E-state index in [2.05, 4.69) is 10.5 Å². The Morgan fingerprint density at radius 2 is 2.11 bits per heavy atom. The predicted octanol–water partition coefficient (Wildman–Crippen LogP) is 3.76. The maximum Gasteiger partial charge on any atom is 0.238 e. The van der Waals surface area contributed by atoms with E-state index < -0.39 is 0 Å². The van der Waals surface area contributed by atoms with Crippen LogP contribution in [0.25, 0.3) is 0 Å². The Kier molecular flexibility index (Phi) is 4.50. The quantitative estimate of drug-likeness (QED) is 0.873. The Labute approximate surface area is 120 Å². The van der Waals surface area contributed by atoms with Crippen LogP contribution in [0.2, 0.25) is 5.02 Å². The SMILES string of the molecule is Cc1cc(NC(=O)[C@@H](C)Sc2ccc(Cl)cc2)no1. The first kappa shape index (κ1) is 14.0. The monoisotopic (exact) mass is 296 g/mol. The molecule has 0 bridgehead atoms. The van der Waals surface area contributed by atoms with Crippen LogP contribution in [-0.2, 0) is 4.79 Å². The Morgan fingerprint density at radius 3 is 2.68 bits per heavy atom. The van der Waals surface area contributed by atoms with Crippen molar-refractivity contribution < 1.29 is 9.32 Å². The fraction of sp³-hybridized carbons (Fsp3) is 0.231. The molecule has 1 heterocycles. The number of anilines is 1. The van der Waals surface area contributed by atoms with Gasteiger partial charge in [0.2, 0.25) is 5.91 Å². The summed E-state index contributed by atoms with van der Waals surface area (Å²) in [4.78, 5) is 12.9. The number of halogens is 1. The molecular weight excluding hydrogens is 284 g/mol. The van der Waals surface area contributed by atoms with Crippen LogP contribution in [0, 0.1) is 6.92 Å². The summed E-state index contributed by atoms with van der Waals surface area (Å²) in [6.07, 6.45) is 0. The number of aromatic nitrogens is 1. The van der Waals surface area contributed by atoms with Crippen LogP contribution in [-0.4, -0.2) is 16.3 Å². The molecule has 2 rings (SSSR count). The fourth-order valence-corrected chi connectivity index (χ4v) is 2.42. The third-order valence-corrected chi connectivity index (χ3v) is 3.74. The van der Waals surface area contributed by atoms with E-state index in [1.807, 2.05) is 19.1 Å². The van der Waals surface area contributed by atoms with Crippen molar-refractivity contribution in [2.75, 3.05) is 5.32 Å². The van der Waals surface area contributed by atoms with Crippen LogP contribution >= 0.6 is 23.4 Å². The standard InChI is InChI=1S/C13H13ClN2O2S/c1-8-7-12(16-18-8)15-13(17)9(2)19-11-5-3-10(14)4-6-11/h3-7,9H,1-2H3,(H,15,16,17)/t9-/m1/s1. The Bertz CT molecular complexity index is 568. The van der Waals surface area contributed by atoms with Crippen molar-refractivity contribution in [1.82, 2.24) is 5.16 Å². The van der Waals surface area contributed by atoms with Crippen molar-refractivity contribution in [2.24, 2.45) is 0 Å². The van der Waals surface area contributed by atoms with Crippen LogP contribution in [0.5, 0.6) is 0 Å². The summed E-state index contributed by atoms with van der Waals surface area (Å²) in [6.45, 7) is 3.61. The van der Waals surface area contributed by atoms with Crippen molar-refractivity contribution in [1.29, 1.82) is 0 Å². The highest BCUT2D eigenvalue weighted by Gasteiger charge is 2.15. The number of nitrogens with one attached hydrogen (secondary N) is 1. The number of carbonyl (C=O) groups excluding carboxylic acids is 1. The van der Waals surface area contributed by atoms with E-state index in [0.29, 0.717) is 16.6 Å². The number of hydrogen-bond acceptors (Lipinski definition) is 4. The molecule has 0 radical (unpaired) electrons. The summed E-state index contributed by atoms with van der Waals surface area (Å²) in [6, 6.07) is 9.05. The van der Waals surface area contributed by atoms with Crippen LogP contribution in [0.4, 0.5) is 5.82 Å². The molecule has 6 heteroatoms. The van der Waals surface area contributed by atoms with Gasteiger partial charge >= 0.3 is 0 Å². The summed E-state index contributed by atoms with van der Waals surface area (Å²) < 4.78 is 4.89. The first-order valence-electron chi connectivity index (χ1n) is 5.71. The highest BCUT2D eigenvalue weighted by Crippen LogP contribution is 2.25. The smallest absolute Gasteiger partial charge is 0.238 e. The van der Waals surface area contributed by atoms with Gasteiger partial charge in [0.25, 0.3) is 0 Å². The van der Waals surface area contributed by atoms with Crippen molar-refractivity contribution in [2.45, 2.75) is 24.0 Å². The predicted molar refractivity (Wildman–Crippen MR) is 76.6 cm³/mol. The molecule has 0 aliphatic carbocycles. The summed E-state index contributed by atoms with van der Waals surface area (Å²) in [5.74, 6) is 0.979. The van der Waals surface area contributed by atoms with Crippen molar-refractivity contribution in [3.63, 3.8) is 0 Å². The second-order valence-corrected chi connectivity index (χ2v) is 5.88. The van der Waals surface area contributed by atoms with Crippen LogP contribution in [0.1, 0.15) is 12.7 Å². The largest absolute Gasteiger partial charge is 0.360 e. The third-order valence-electron chi connectivity index (χ3n) is 2.37. The zero-order chi connectivity index (χ0) is 13.8. The minimum Gasteiger partial charge on any atom is -0.360 e. The molecule has 4 nitrogen and oxygen atoms in total. The minimum atomic E-state index is -0.238. The molecule has 0 unspecified atom stereocenters. The van der Waals surface area contributed by atoms with Crippen LogP contribution in [0.3, 0.4) is 0 Å². The number of rotatable bonds is 4. The van der Waals surface area contributed by atoms with E-state index in [0.717, 1.165) is 4.90 Å². The number of amides is 1. The zero-order valence-electron chi connectivity index (χ0n) is 10.5. The van der Waals surface area contributed by atoms with Crippen molar-refractivity contribution >= 4 is 35.1 Å². The molecule has 0 saturated carbocycles. The number of benzene rings is 1. The molecule has 0 aliphatic heterocycles. The lowest BCUT2D eigenvalue weighted by molar-refractivity contribution is -0.115. The number of thioether (sulfide) groups is 1. The van der Waals surface area contributed by atoms with Crippen molar-refractivity contribution in [3.8, 4) is 0 Å². The van der Waals surface area contributed by atoms with Gasteiger partial charge in [0.15, 0.2) is 5.82 Å². The Hall–Kier alpha value is -1.46. The van der Waals surface area contributed by atoms with Gasteiger partial charge in [-0.05, 0) is 38.1 Å². The second-order valence-electron chi connectivity index (χ2n) is 4.03. The lowest BCUT2D eigenvalue weighted by Gasteiger charge is -2.10. The van der Waals surface area contributed by atoms with Gasteiger partial charge in [-0.15, -0.1) is 11.8 Å². The van der Waals surface area contributed by atoms with Gasteiger partial charge < -0.3 is 9.84 Å². The van der Waals surface area contributed by atoms with E-state index in [9.17, 15) is 4.79 Å². The van der Waals surface area contributed by atoms with E-state index in [-0.39, 0.29) is 11.2 Å². The Morgan fingerprint density at radius 1 is 1.42 bits per heavy atom. The lowest BCUT2D eigenvalue weighted by atomic mass is 10.4. The molecule has 0 fully saturated rings. The zero-order valence-corrected chi connectivity index (χ0v) is 12.1. The van der Waals surface area contributed by atoms with E-state index in [1.165, 1.54) is 11.8 Å². The highest BCUT2D eigenvalue weighted by molar-refractivity contribution is 8.00. The Balaban J connectivity index is 1.94. The number of nitrogens with zero attached hydrogens (tertiary/aromatic N) is 1. The van der Waals surface area contributed by atoms with E-state index >= 15 is 0 Å². The number of hydrogen-bond donors (Lipinski definition) is 1. The van der Waals surface area contributed by atoms with E-state index in [1.54, 1.807) is 25.1 Å². The summed E-state index contributed by atoms with van der Waals surface area (Å²) in [5, 5.41) is 6.87. The highest BCUT2D eigenvalue weighted by atomic mass is 35.5. The first-order chi connectivity index (χ1) is 9.04. The summed E-state index contributed by atoms with van der Waals surface area (Å²) in [5.41, 5.74) is 0. The van der Waals surface area contributed by atoms with Crippen LogP contribution in [0.15, 0.2) is 39.8 Å². The molecule has 0 spiro atoms. The molecule has 0 aliphatic rings. The first-order valence-corrected chi connectivity index (χ1v) is 6.97. The third kappa shape index (κ3) is 4.01. The normalized spacial score (nSPS) is 12.2. The summed E-state index contributed by atoms with van der Waals surface area (Å²) >= 11 is 7.27. The van der Waals surface area contributed by atoms with E-state index in [4.69, 9.17) is 16.1 Å². The lowest BCUT2D eigenvalue weighted by Crippen LogP contribution is -2.22. The van der Waals surface area contributed by atoms with Crippen LogP contribution < -0.4 is 5.32 Å². The van der Waals surface area contributed by atoms with Gasteiger partial charge in [-0.2, -0.15) is 0 Å². The second kappa shape index (κ2) is 6.12. The van der Waals surface area contributed by atoms with Gasteiger partial charge in [-0.25, -0.2) is 0 Å². The summed E-state index contributed by atoms with van der Waals surface area (Å²) in [7, 11) is 0. The fourth-order valence-electron chi connectivity index (χ4n) is 1.42. The maximum absolute atomic E-state index is 12.0. The van der Waals surface area contributed by atoms with Gasteiger partial charge in [0, 0.05) is 16.0 Å². The average molecular weight is 297 g/mol. The van der Waals surface area contributed by atoms with Gasteiger partial charge in [-0.1, -0.05) is 16.8 Å². The molecule has 1 amide bonds. The molecule has 2 aromatic rings. The van der Waals surface area contributed by atoms with Crippen molar-refractivity contribution in [3.05, 3.63) is 41.1 Å². The molecule has 1 atom stereocenters. The molecule has 100 valence electrons. The molecule has 1 aromatic carbocycles. The van der Waals surface area contributed by atoms with Gasteiger partial charge in [-0.3, -0.25) is 4.79 Å². The van der Waals surface area contributed by atoms with Gasteiger partial charge in [0.1, 0.15) is 5.76 Å². The molecule has 0 saturated heterocycles. The topological polar surface area (TPSA) is 55.1 Å². The number of aryl methyl sites for hydroxylation is 1. The number of carbonyl (C=O) groups is 1. The molecule has 1 aromatic heterocycles. The van der Waals surface area contributed by atoms with Gasteiger partial charge in [0.05, 0.1) is 5.25 Å². The molecule has 1 N–H and O–H groups in total. The average Bonchev–Trinajstić information content (AvgIpc) is 2.77. The molecule has 19 heavy (non-hydrogen) atoms. The maximum atomic E-state index is 12.0.